The summed E-state index contributed by atoms with van der Waals surface area (Å²) >= 11 is 0. The third-order valence-electron chi connectivity index (χ3n) is 4.63. The molecule has 120 valence electrons. The summed E-state index contributed by atoms with van der Waals surface area (Å²) in [6.45, 7) is 15.8. The van der Waals surface area contributed by atoms with E-state index in [4.69, 9.17) is 5.84 Å². The minimum absolute atomic E-state index is 0.205. The van der Waals surface area contributed by atoms with Gasteiger partial charge in [0.05, 0.1) is 0 Å². The zero-order valence-corrected chi connectivity index (χ0v) is 15.0. The number of hydrazine groups is 1. The molecule has 3 N–H and O–H groups in total. The SMILES string of the molecule is CCC(C)CC(Cc1c(C)cc(C(C)(C)C)cc1C)NN. The van der Waals surface area contributed by atoms with Crippen molar-refractivity contribution in [1.82, 2.24) is 5.43 Å². The summed E-state index contributed by atoms with van der Waals surface area (Å²) in [6.07, 6.45) is 3.36. The van der Waals surface area contributed by atoms with Gasteiger partial charge in [0.2, 0.25) is 0 Å². The van der Waals surface area contributed by atoms with Crippen LogP contribution in [-0.4, -0.2) is 6.04 Å². The Morgan fingerprint density at radius 1 is 1.14 bits per heavy atom. The second-order valence-corrected chi connectivity index (χ2v) is 7.66. The van der Waals surface area contributed by atoms with Crippen LogP contribution in [-0.2, 0) is 11.8 Å². The topological polar surface area (TPSA) is 38.0 Å². The minimum atomic E-state index is 0.205. The molecule has 2 heteroatoms. The molecule has 0 aromatic heterocycles. The van der Waals surface area contributed by atoms with Crippen LogP contribution in [0.15, 0.2) is 12.1 Å². The zero-order chi connectivity index (χ0) is 16.2. The highest BCUT2D eigenvalue weighted by molar-refractivity contribution is 5.40. The fraction of sp³-hybridized carbons (Fsp3) is 0.684. The van der Waals surface area contributed by atoms with Gasteiger partial charge in [0.25, 0.3) is 0 Å². The largest absolute Gasteiger partial charge is 0.271 e. The van der Waals surface area contributed by atoms with Gasteiger partial charge in [-0.25, -0.2) is 0 Å². The number of hydrogen-bond donors (Lipinski definition) is 2. The second-order valence-electron chi connectivity index (χ2n) is 7.66. The van der Waals surface area contributed by atoms with Crippen molar-refractivity contribution in [2.45, 2.75) is 79.2 Å². The van der Waals surface area contributed by atoms with Crippen LogP contribution in [0.5, 0.6) is 0 Å². The van der Waals surface area contributed by atoms with Crippen molar-refractivity contribution in [3.05, 3.63) is 34.4 Å². The minimum Gasteiger partial charge on any atom is -0.271 e. The standard InChI is InChI=1S/C19H34N2/c1-8-13(2)9-17(21-20)12-18-14(3)10-16(11-15(18)4)19(5,6)7/h10-11,13,17,21H,8-9,12,20H2,1-7H3. The highest BCUT2D eigenvalue weighted by Gasteiger charge is 2.18. The van der Waals surface area contributed by atoms with E-state index in [1.54, 1.807) is 0 Å². The van der Waals surface area contributed by atoms with Crippen LogP contribution >= 0.6 is 0 Å². The quantitative estimate of drug-likeness (QED) is 0.601. The number of nitrogens with two attached hydrogens (primary N) is 1. The van der Waals surface area contributed by atoms with Gasteiger partial charge in [-0.15, -0.1) is 0 Å². The lowest BCUT2D eigenvalue weighted by molar-refractivity contribution is 0.395. The van der Waals surface area contributed by atoms with Gasteiger partial charge in [-0.1, -0.05) is 53.2 Å². The first-order valence-corrected chi connectivity index (χ1v) is 8.25. The zero-order valence-electron chi connectivity index (χ0n) is 15.0. The van der Waals surface area contributed by atoms with Gasteiger partial charge in [-0.2, -0.15) is 0 Å². The summed E-state index contributed by atoms with van der Waals surface area (Å²) in [5, 5.41) is 0. The van der Waals surface area contributed by atoms with Gasteiger partial charge >= 0.3 is 0 Å². The van der Waals surface area contributed by atoms with Crippen molar-refractivity contribution < 1.29 is 0 Å². The maximum absolute atomic E-state index is 5.77. The Morgan fingerprint density at radius 3 is 2.05 bits per heavy atom. The van der Waals surface area contributed by atoms with E-state index < -0.39 is 0 Å². The lowest BCUT2D eigenvalue weighted by Crippen LogP contribution is -2.38. The van der Waals surface area contributed by atoms with E-state index in [1.165, 1.54) is 28.7 Å². The maximum atomic E-state index is 5.77. The van der Waals surface area contributed by atoms with Crippen molar-refractivity contribution >= 4 is 0 Å². The van der Waals surface area contributed by atoms with E-state index in [1.807, 2.05) is 0 Å². The van der Waals surface area contributed by atoms with E-state index in [9.17, 15) is 0 Å². The molecule has 0 fully saturated rings. The molecule has 0 heterocycles. The molecule has 0 bridgehead atoms. The molecule has 0 amide bonds. The van der Waals surface area contributed by atoms with Gasteiger partial charge in [-0.05, 0) is 60.3 Å². The first kappa shape index (κ1) is 18.2. The number of nitrogens with one attached hydrogen (secondary N) is 1. The van der Waals surface area contributed by atoms with Crippen molar-refractivity contribution in [1.29, 1.82) is 0 Å². The second kappa shape index (κ2) is 7.42. The average molecular weight is 290 g/mol. The van der Waals surface area contributed by atoms with Crippen LogP contribution in [0.3, 0.4) is 0 Å². The van der Waals surface area contributed by atoms with Crippen molar-refractivity contribution in [2.24, 2.45) is 11.8 Å². The Bertz CT molecular complexity index is 434. The predicted molar refractivity (Wildman–Crippen MR) is 93.5 cm³/mol. The molecule has 0 saturated carbocycles. The van der Waals surface area contributed by atoms with E-state index in [0.29, 0.717) is 12.0 Å². The number of aryl methyl sites for hydroxylation is 2. The Balaban J connectivity index is 2.98. The molecule has 21 heavy (non-hydrogen) atoms. The van der Waals surface area contributed by atoms with E-state index >= 15 is 0 Å². The molecule has 0 radical (unpaired) electrons. The number of hydrogen-bond acceptors (Lipinski definition) is 2. The smallest absolute Gasteiger partial charge is 0.0253 e. The highest BCUT2D eigenvalue weighted by atomic mass is 15.2. The molecule has 2 nitrogen and oxygen atoms in total. The normalized spacial score (nSPS) is 15.0. The molecule has 1 aromatic carbocycles. The van der Waals surface area contributed by atoms with Gasteiger partial charge in [0, 0.05) is 6.04 Å². The van der Waals surface area contributed by atoms with Crippen molar-refractivity contribution in [3.63, 3.8) is 0 Å². The Hall–Kier alpha value is -0.860. The van der Waals surface area contributed by atoms with Crippen LogP contribution in [0.1, 0.15) is 69.7 Å². The first-order valence-electron chi connectivity index (χ1n) is 8.25. The van der Waals surface area contributed by atoms with Gasteiger partial charge in [0.15, 0.2) is 0 Å². The van der Waals surface area contributed by atoms with Crippen LogP contribution in [0, 0.1) is 19.8 Å². The number of rotatable bonds is 6. The summed E-state index contributed by atoms with van der Waals surface area (Å²) in [5.41, 5.74) is 8.88. The molecule has 0 aliphatic carbocycles. The Labute approximate surface area is 131 Å². The lowest BCUT2D eigenvalue weighted by Gasteiger charge is -2.25. The summed E-state index contributed by atoms with van der Waals surface area (Å²) in [4.78, 5) is 0. The van der Waals surface area contributed by atoms with Gasteiger partial charge in [-0.3, -0.25) is 11.3 Å². The molecule has 2 unspecified atom stereocenters. The molecular formula is C19H34N2. The Morgan fingerprint density at radius 2 is 1.67 bits per heavy atom. The van der Waals surface area contributed by atoms with E-state index in [2.05, 4.69) is 66.0 Å². The summed E-state index contributed by atoms with van der Waals surface area (Å²) in [7, 11) is 0. The molecule has 2 atom stereocenters. The maximum Gasteiger partial charge on any atom is 0.0253 e. The summed E-state index contributed by atoms with van der Waals surface area (Å²) in [6, 6.07) is 5.05. The average Bonchev–Trinajstić information content (AvgIpc) is 2.39. The fourth-order valence-corrected chi connectivity index (χ4v) is 2.86. The first-order chi connectivity index (χ1) is 9.68. The molecule has 1 rings (SSSR count). The Kier molecular flexibility index (Phi) is 6.42. The summed E-state index contributed by atoms with van der Waals surface area (Å²) in [5.74, 6) is 6.48. The molecule has 0 spiro atoms. The predicted octanol–water partition coefficient (Wildman–Crippen LogP) is 4.41. The van der Waals surface area contributed by atoms with Crippen molar-refractivity contribution in [2.75, 3.05) is 0 Å². The fourth-order valence-electron chi connectivity index (χ4n) is 2.86. The molecule has 0 saturated heterocycles. The van der Waals surface area contributed by atoms with E-state index in [-0.39, 0.29) is 5.41 Å². The third kappa shape index (κ3) is 5.12. The summed E-state index contributed by atoms with van der Waals surface area (Å²) < 4.78 is 0. The van der Waals surface area contributed by atoms with Crippen molar-refractivity contribution in [3.8, 4) is 0 Å². The molecule has 0 aliphatic heterocycles. The lowest BCUT2D eigenvalue weighted by atomic mass is 9.82. The molecular weight excluding hydrogens is 256 g/mol. The van der Waals surface area contributed by atoms with Gasteiger partial charge < -0.3 is 0 Å². The number of benzene rings is 1. The van der Waals surface area contributed by atoms with Crippen LogP contribution in [0.2, 0.25) is 0 Å². The molecule has 1 aromatic rings. The third-order valence-corrected chi connectivity index (χ3v) is 4.63. The molecule has 0 aliphatic rings. The van der Waals surface area contributed by atoms with E-state index in [0.717, 1.165) is 12.8 Å². The van der Waals surface area contributed by atoms with Crippen LogP contribution in [0.25, 0.3) is 0 Å². The van der Waals surface area contributed by atoms with Crippen LogP contribution < -0.4 is 11.3 Å². The van der Waals surface area contributed by atoms with Gasteiger partial charge in [0.1, 0.15) is 0 Å². The monoisotopic (exact) mass is 290 g/mol. The highest BCUT2D eigenvalue weighted by Crippen LogP contribution is 2.28. The van der Waals surface area contributed by atoms with Crippen LogP contribution in [0.4, 0.5) is 0 Å².